The molecule has 0 amide bonds. The quantitative estimate of drug-likeness (QED) is 0.0355. The number of unbranched alkanes of at least 4 members (excludes halogenated alkanes) is 20. The van der Waals surface area contributed by atoms with Crippen molar-refractivity contribution in [1.82, 2.24) is 17.5 Å². The molecule has 0 aliphatic heterocycles. The van der Waals surface area contributed by atoms with Crippen LogP contribution in [0.15, 0.2) is 72.8 Å². The summed E-state index contributed by atoms with van der Waals surface area (Å²) >= 11 is 13.1. The number of benzene rings is 4. The molecule has 554 valence electrons. The Balaban J connectivity index is 0.890. The van der Waals surface area contributed by atoms with Crippen LogP contribution in [0.4, 0.5) is 8.78 Å². The van der Waals surface area contributed by atoms with Gasteiger partial charge in [-0.15, -0.1) is 68.0 Å². The molecular formula is C88H108F2N4O2S8. The van der Waals surface area contributed by atoms with Gasteiger partial charge in [0.15, 0.2) is 0 Å². The molecule has 0 saturated heterocycles. The lowest BCUT2D eigenvalue weighted by Crippen LogP contribution is -2.02. The standard InChI is InChI=1S/C88H108F2N4O2S8/c1-11-17-21-23-25-27-29-31-33-35-47-95-85-56(8)76(82-81(58(85)10)91-103-92-82)71-45-43-69(100-71)63-52-68(90)64(53-67(63)89)70-44-46-74(101-70)80-84-83(93-104-94-84)77(57(9)86(80)96-48-36-34-32-30-28-26-24-22-18-12-2)75-54-66-79(73-42-40-62(99-73)51-60(16-6)38-20-14-4)87-65(49-55(7)97-87)78(88(66)102-75)72-41-39-61(98-72)50-59(15-5)37-19-13-3/h39-46,49,52-54,59-60H,11-38,47-48,50-51H2,1-10H3. The van der Waals surface area contributed by atoms with Gasteiger partial charge in [0.25, 0.3) is 0 Å². The molecule has 6 nitrogen and oxygen atoms in total. The molecule has 16 heteroatoms. The second kappa shape index (κ2) is 38.2. The summed E-state index contributed by atoms with van der Waals surface area (Å²) in [7, 11) is 0. The molecule has 12 rings (SSSR count). The molecule has 0 spiro atoms. The molecule has 8 aromatic heterocycles. The topological polar surface area (TPSA) is 70.0 Å². The van der Waals surface area contributed by atoms with E-state index in [2.05, 4.69) is 106 Å². The van der Waals surface area contributed by atoms with Gasteiger partial charge in [0, 0.05) is 119 Å². The molecule has 2 atom stereocenters. The highest BCUT2D eigenvalue weighted by Crippen LogP contribution is 2.56. The zero-order valence-corrected chi connectivity index (χ0v) is 69.9. The highest BCUT2D eigenvalue weighted by Gasteiger charge is 2.31. The first-order chi connectivity index (χ1) is 50.9. The number of aryl methyl sites for hydroxylation is 2. The summed E-state index contributed by atoms with van der Waals surface area (Å²) in [6.45, 7) is 23.7. The van der Waals surface area contributed by atoms with Gasteiger partial charge >= 0.3 is 0 Å². The van der Waals surface area contributed by atoms with Crippen molar-refractivity contribution in [3.8, 4) is 84.6 Å². The van der Waals surface area contributed by atoms with E-state index in [-0.39, 0.29) is 11.1 Å². The maximum absolute atomic E-state index is 17.2. The third-order valence-corrected chi connectivity index (χ3v) is 29.3. The van der Waals surface area contributed by atoms with Crippen molar-refractivity contribution in [3.63, 3.8) is 0 Å². The molecule has 2 unspecified atom stereocenters. The summed E-state index contributed by atoms with van der Waals surface area (Å²) in [5.41, 5.74) is 12.2. The average molecular weight is 1550 g/mol. The summed E-state index contributed by atoms with van der Waals surface area (Å²) in [4.78, 5) is 11.1. The summed E-state index contributed by atoms with van der Waals surface area (Å²) in [5, 5.41) is 2.62. The van der Waals surface area contributed by atoms with Crippen molar-refractivity contribution in [1.29, 1.82) is 0 Å². The number of ether oxygens (including phenoxy) is 2. The first-order valence-electron chi connectivity index (χ1n) is 39.5. The predicted molar refractivity (Wildman–Crippen MR) is 456 cm³/mol. The van der Waals surface area contributed by atoms with Crippen molar-refractivity contribution in [2.45, 2.75) is 262 Å². The molecule has 0 saturated carbocycles. The minimum Gasteiger partial charge on any atom is -0.493 e. The molecule has 12 aromatic rings. The van der Waals surface area contributed by atoms with E-state index in [1.54, 1.807) is 0 Å². The fraction of sp³-hybridized carbons (Fsp3) is 0.500. The van der Waals surface area contributed by atoms with E-state index in [0.717, 1.165) is 120 Å². The van der Waals surface area contributed by atoms with Gasteiger partial charge in [-0.25, -0.2) is 8.78 Å². The van der Waals surface area contributed by atoms with E-state index in [0.29, 0.717) is 34.8 Å². The smallest absolute Gasteiger partial charge is 0.133 e. The van der Waals surface area contributed by atoms with Gasteiger partial charge in [0.05, 0.1) is 42.2 Å². The van der Waals surface area contributed by atoms with Crippen LogP contribution in [0.2, 0.25) is 0 Å². The summed E-state index contributed by atoms with van der Waals surface area (Å²) < 4.78 is 70.7. The summed E-state index contributed by atoms with van der Waals surface area (Å²) in [6, 6.07) is 25.2. The lowest BCUT2D eigenvalue weighted by atomic mass is 9.95. The normalized spacial score (nSPS) is 12.6. The van der Waals surface area contributed by atoms with E-state index >= 15 is 8.78 Å². The van der Waals surface area contributed by atoms with Crippen LogP contribution in [-0.4, -0.2) is 30.7 Å². The fourth-order valence-electron chi connectivity index (χ4n) is 15.5. The van der Waals surface area contributed by atoms with Crippen LogP contribution in [-0.2, 0) is 12.8 Å². The van der Waals surface area contributed by atoms with E-state index in [4.69, 9.17) is 27.0 Å². The van der Waals surface area contributed by atoms with Crippen LogP contribution >= 0.6 is 91.5 Å². The molecule has 8 heterocycles. The van der Waals surface area contributed by atoms with E-state index in [1.807, 2.05) is 69.6 Å². The molecule has 104 heavy (non-hydrogen) atoms. The van der Waals surface area contributed by atoms with E-state index in [1.165, 1.54) is 268 Å². The van der Waals surface area contributed by atoms with Gasteiger partial charge in [0.1, 0.15) is 45.2 Å². The second-order valence-corrected chi connectivity index (χ2v) is 37.1. The number of fused-ring (bicyclic) bond motifs is 4. The highest BCUT2D eigenvalue weighted by molar-refractivity contribution is 7.25. The van der Waals surface area contributed by atoms with Crippen LogP contribution in [0.1, 0.15) is 253 Å². The van der Waals surface area contributed by atoms with Crippen LogP contribution in [0, 0.1) is 51.2 Å². The monoisotopic (exact) mass is 1550 g/mol. The summed E-state index contributed by atoms with van der Waals surface area (Å²) in [5.74, 6) is 2.00. The Bertz CT molecular complexity index is 4650. The van der Waals surface area contributed by atoms with Crippen molar-refractivity contribution in [2.24, 2.45) is 11.8 Å². The predicted octanol–water partition coefficient (Wildman–Crippen LogP) is 31.7. The lowest BCUT2D eigenvalue weighted by Gasteiger charge is -2.17. The Morgan fingerprint density at radius 1 is 0.346 bits per heavy atom. The van der Waals surface area contributed by atoms with E-state index < -0.39 is 11.6 Å². The first kappa shape index (κ1) is 78.3. The number of rotatable bonds is 43. The third-order valence-electron chi connectivity index (χ3n) is 21.5. The number of thiophene rings is 6. The zero-order valence-electron chi connectivity index (χ0n) is 63.3. The Labute approximate surface area is 651 Å². The van der Waals surface area contributed by atoms with Crippen LogP contribution in [0.5, 0.6) is 11.5 Å². The Kier molecular flexibility index (Phi) is 28.7. The van der Waals surface area contributed by atoms with E-state index in [9.17, 15) is 0 Å². The second-order valence-electron chi connectivity index (χ2n) is 29.3. The van der Waals surface area contributed by atoms with Gasteiger partial charge in [-0.2, -0.15) is 17.5 Å². The SMILES string of the molecule is CCCCCCCCCCCCOc1c(C)c(-c2ccc(-c3cc(F)c(-c4ccc(-c5c(OCCCCCCCCCCCC)c(C)c(-c6cc7c(-c8ccc(CC(CC)CCCC)s8)c8sc(C)cc8c(-c8ccc(CC(CC)CCCC)s8)c7s6)c6nsnc56)s4)cc3F)s2)c2nsnc2c1C. The van der Waals surface area contributed by atoms with Gasteiger partial charge in [0.2, 0.25) is 0 Å². The lowest BCUT2D eigenvalue weighted by molar-refractivity contribution is 0.301. The molecule has 0 aliphatic carbocycles. The Hall–Kier alpha value is -5.30. The average Bonchev–Trinajstić information content (AvgIpc) is 1.55. The molecule has 4 aromatic carbocycles. The van der Waals surface area contributed by atoms with Crippen LogP contribution < -0.4 is 9.47 Å². The van der Waals surface area contributed by atoms with Gasteiger partial charge in [-0.3, -0.25) is 0 Å². The molecule has 0 N–H and O–H groups in total. The fourth-order valence-corrected chi connectivity index (χ4v) is 23.8. The highest BCUT2D eigenvalue weighted by atomic mass is 32.1. The minimum atomic E-state index is -0.486. The van der Waals surface area contributed by atoms with Crippen LogP contribution in [0.3, 0.4) is 0 Å². The zero-order chi connectivity index (χ0) is 72.6. The maximum Gasteiger partial charge on any atom is 0.133 e. The van der Waals surface area contributed by atoms with Gasteiger partial charge in [-0.1, -0.05) is 208 Å². The Morgan fingerprint density at radius 3 is 1.23 bits per heavy atom. The molecular weight excluding hydrogens is 1440 g/mol. The number of nitrogens with zero attached hydrogens (tertiary/aromatic N) is 4. The van der Waals surface area contributed by atoms with Crippen molar-refractivity contribution in [3.05, 3.63) is 116 Å². The Morgan fingerprint density at radius 2 is 0.731 bits per heavy atom. The molecule has 0 bridgehead atoms. The largest absolute Gasteiger partial charge is 0.493 e. The van der Waals surface area contributed by atoms with Crippen molar-refractivity contribution < 1.29 is 18.3 Å². The minimum absolute atomic E-state index is 0.216. The summed E-state index contributed by atoms with van der Waals surface area (Å²) in [6.07, 6.45) is 37.0. The molecule has 0 fully saturated rings. The van der Waals surface area contributed by atoms with Crippen LogP contribution in [0.25, 0.3) is 115 Å². The van der Waals surface area contributed by atoms with Crippen molar-refractivity contribution in [2.75, 3.05) is 13.2 Å². The number of hydrogen-bond donors (Lipinski definition) is 0. The first-order valence-corrected chi connectivity index (χ1v) is 45.9. The van der Waals surface area contributed by atoms with Gasteiger partial charge in [-0.05, 0) is 138 Å². The van der Waals surface area contributed by atoms with Gasteiger partial charge < -0.3 is 9.47 Å². The third kappa shape index (κ3) is 18.2. The number of halogens is 2. The number of aromatic nitrogens is 4. The maximum atomic E-state index is 17.2. The van der Waals surface area contributed by atoms with Crippen molar-refractivity contribution >= 4 is 134 Å². The molecule has 0 aliphatic rings. The molecule has 0 radical (unpaired) electrons. The number of hydrogen-bond acceptors (Lipinski definition) is 14.